The van der Waals surface area contributed by atoms with Gasteiger partial charge in [-0.2, -0.15) is 5.10 Å². The Morgan fingerprint density at radius 3 is 2.55 bits per heavy atom. The van der Waals surface area contributed by atoms with E-state index in [1.807, 2.05) is 19.1 Å². The van der Waals surface area contributed by atoms with E-state index in [2.05, 4.69) is 26.5 Å². The van der Waals surface area contributed by atoms with E-state index in [1.54, 1.807) is 13.3 Å². The van der Waals surface area contributed by atoms with Crippen LogP contribution in [0.1, 0.15) is 18.1 Å². The first kappa shape index (κ1) is 17.9. The molecule has 0 unspecified atom stereocenters. The molecule has 0 atom stereocenters. The Labute approximate surface area is 125 Å². The number of hydrogen-bond acceptors (Lipinski definition) is 4. The molecule has 1 aromatic carbocycles. The number of benzene rings is 1. The number of halogens is 1. The fourth-order valence-electron chi connectivity index (χ4n) is 1.27. The first-order chi connectivity index (χ1) is 9.27. The maximum atomic E-state index is 9.00. The fourth-order valence-corrected chi connectivity index (χ4v) is 2.01. The quantitative estimate of drug-likeness (QED) is 0.377. The van der Waals surface area contributed by atoms with Gasteiger partial charge in [0.2, 0.25) is 5.96 Å². The molecule has 0 bridgehead atoms. The van der Waals surface area contributed by atoms with Gasteiger partial charge < -0.3 is 15.6 Å². The van der Waals surface area contributed by atoms with E-state index in [4.69, 9.17) is 25.8 Å². The SMILES string of the molecule is CC(=O)O.COc1c(C)cc(/C=N/NC(=N)N)cc1Br. The van der Waals surface area contributed by atoms with Crippen LogP contribution in [0.5, 0.6) is 5.75 Å². The number of nitrogens with two attached hydrogens (primary N) is 1. The van der Waals surface area contributed by atoms with Crippen LogP contribution in [-0.4, -0.2) is 30.4 Å². The number of ether oxygens (including phenoxy) is 1. The van der Waals surface area contributed by atoms with Crippen LogP contribution >= 0.6 is 15.9 Å². The number of rotatable bonds is 3. The molecule has 7 nitrogen and oxygen atoms in total. The van der Waals surface area contributed by atoms with Gasteiger partial charge in [-0.05, 0) is 46.1 Å². The molecule has 0 heterocycles. The standard InChI is InChI=1S/C10H13BrN4O.C2H4O2/c1-6-3-7(5-14-15-10(12)13)4-8(11)9(6)16-2;1-2(3)4/h3-5H,1-2H3,(H4,12,13,15);1H3,(H,3,4)/b14-5+;. The van der Waals surface area contributed by atoms with Gasteiger partial charge in [-0.25, -0.2) is 5.43 Å². The van der Waals surface area contributed by atoms with E-state index >= 15 is 0 Å². The lowest BCUT2D eigenvalue weighted by molar-refractivity contribution is -0.134. The van der Waals surface area contributed by atoms with Crippen LogP contribution in [-0.2, 0) is 4.79 Å². The number of nitrogens with one attached hydrogen (secondary N) is 2. The summed E-state index contributed by atoms with van der Waals surface area (Å²) >= 11 is 3.40. The molecule has 20 heavy (non-hydrogen) atoms. The Balaban J connectivity index is 0.000000796. The molecule has 110 valence electrons. The lowest BCUT2D eigenvalue weighted by atomic mass is 10.1. The second-order valence-electron chi connectivity index (χ2n) is 3.66. The van der Waals surface area contributed by atoms with Crippen molar-refractivity contribution >= 4 is 34.1 Å². The third-order valence-electron chi connectivity index (χ3n) is 1.85. The topological polar surface area (TPSA) is 121 Å². The van der Waals surface area contributed by atoms with E-state index in [0.29, 0.717) is 0 Å². The molecule has 0 saturated heterocycles. The van der Waals surface area contributed by atoms with E-state index in [9.17, 15) is 0 Å². The molecular weight excluding hydrogens is 328 g/mol. The maximum absolute atomic E-state index is 9.00. The molecule has 0 amide bonds. The van der Waals surface area contributed by atoms with Gasteiger partial charge in [-0.15, -0.1) is 0 Å². The molecule has 0 radical (unpaired) electrons. The van der Waals surface area contributed by atoms with Gasteiger partial charge in [0.05, 0.1) is 17.8 Å². The van der Waals surface area contributed by atoms with E-state index in [0.717, 1.165) is 28.3 Å². The van der Waals surface area contributed by atoms with Gasteiger partial charge in [-0.1, -0.05) is 0 Å². The van der Waals surface area contributed by atoms with Crippen molar-refractivity contribution in [3.63, 3.8) is 0 Å². The van der Waals surface area contributed by atoms with E-state index < -0.39 is 5.97 Å². The Hall–Kier alpha value is -2.09. The molecular formula is C12H17BrN4O3. The average Bonchev–Trinajstić information content (AvgIpc) is 2.27. The lowest BCUT2D eigenvalue weighted by Crippen LogP contribution is -2.25. The van der Waals surface area contributed by atoms with Crippen molar-refractivity contribution in [2.24, 2.45) is 10.8 Å². The highest BCUT2D eigenvalue weighted by Gasteiger charge is 2.04. The second kappa shape index (κ2) is 8.92. The van der Waals surface area contributed by atoms with Crippen LogP contribution in [0.15, 0.2) is 21.7 Å². The van der Waals surface area contributed by atoms with Crippen molar-refractivity contribution < 1.29 is 14.6 Å². The van der Waals surface area contributed by atoms with Gasteiger partial charge in [0.1, 0.15) is 5.75 Å². The van der Waals surface area contributed by atoms with Crippen LogP contribution in [0, 0.1) is 12.3 Å². The van der Waals surface area contributed by atoms with Crippen LogP contribution in [0.3, 0.4) is 0 Å². The fraction of sp³-hybridized carbons (Fsp3) is 0.250. The molecule has 0 aliphatic carbocycles. The predicted octanol–water partition coefficient (Wildman–Crippen LogP) is 1.67. The molecule has 1 aromatic rings. The van der Waals surface area contributed by atoms with Crippen molar-refractivity contribution in [3.05, 3.63) is 27.7 Å². The van der Waals surface area contributed by atoms with Crippen LogP contribution in [0.25, 0.3) is 0 Å². The Bertz CT molecular complexity index is 490. The van der Waals surface area contributed by atoms with E-state index in [-0.39, 0.29) is 5.96 Å². The van der Waals surface area contributed by atoms with Gasteiger partial charge in [0, 0.05) is 6.92 Å². The normalized spacial score (nSPS) is 9.60. The van der Waals surface area contributed by atoms with Gasteiger partial charge in [0.25, 0.3) is 5.97 Å². The first-order valence-corrected chi connectivity index (χ1v) is 6.24. The number of guanidine groups is 1. The number of hydrogen-bond donors (Lipinski definition) is 4. The molecule has 0 aliphatic heterocycles. The van der Waals surface area contributed by atoms with Crippen LogP contribution in [0.2, 0.25) is 0 Å². The van der Waals surface area contributed by atoms with Crippen molar-refractivity contribution in [3.8, 4) is 5.75 Å². The van der Waals surface area contributed by atoms with Crippen LogP contribution in [0.4, 0.5) is 0 Å². The Kier molecular flexibility index (Phi) is 7.98. The molecule has 0 spiro atoms. The molecule has 0 fully saturated rings. The lowest BCUT2D eigenvalue weighted by Gasteiger charge is -2.07. The number of methoxy groups -OCH3 is 1. The number of aliphatic carboxylic acids is 1. The summed E-state index contributed by atoms with van der Waals surface area (Å²) in [7, 11) is 1.62. The smallest absolute Gasteiger partial charge is 0.300 e. The zero-order valence-electron chi connectivity index (χ0n) is 11.4. The van der Waals surface area contributed by atoms with Crippen molar-refractivity contribution in [2.75, 3.05) is 7.11 Å². The molecule has 8 heteroatoms. The van der Waals surface area contributed by atoms with Gasteiger partial charge >= 0.3 is 0 Å². The molecule has 5 N–H and O–H groups in total. The molecule has 0 aliphatic rings. The number of carbonyl (C=O) groups is 1. The average molecular weight is 345 g/mol. The number of aryl methyl sites for hydroxylation is 1. The summed E-state index contributed by atoms with van der Waals surface area (Å²) in [6.07, 6.45) is 1.58. The third kappa shape index (κ3) is 7.37. The minimum Gasteiger partial charge on any atom is -0.495 e. The van der Waals surface area contributed by atoms with Gasteiger partial charge in [-0.3, -0.25) is 10.2 Å². The summed E-state index contributed by atoms with van der Waals surface area (Å²) in [5.74, 6) is -0.225. The highest BCUT2D eigenvalue weighted by molar-refractivity contribution is 9.10. The highest BCUT2D eigenvalue weighted by atomic mass is 79.9. The molecule has 0 saturated carbocycles. The van der Waals surface area contributed by atoms with Crippen LogP contribution < -0.4 is 15.9 Å². The van der Waals surface area contributed by atoms with Crippen molar-refractivity contribution in [1.82, 2.24) is 5.43 Å². The second-order valence-corrected chi connectivity index (χ2v) is 4.51. The maximum Gasteiger partial charge on any atom is 0.300 e. The predicted molar refractivity (Wildman–Crippen MR) is 81.4 cm³/mol. The Morgan fingerprint density at radius 1 is 1.60 bits per heavy atom. The summed E-state index contributed by atoms with van der Waals surface area (Å²) in [5.41, 5.74) is 9.33. The number of carboxylic acid groups (broad SMARTS) is 1. The highest BCUT2D eigenvalue weighted by Crippen LogP contribution is 2.29. The summed E-state index contributed by atoms with van der Waals surface area (Å²) in [4.78, 5) is 9.00. The minimum atomic E-state index is -0.833. The molecule has 1 rings (SSSR count). The molecule has 0 aromatic heterocycles. The monoisotopic (exact) mass is 344 g/mol. The summed E-state index contributed by atoms with van der Waals surface area (Å²) < 4.78 is 6.07. The largest absolute Gasteiger partial charge is 0.495 e. The number of hydrazone groups is 1. The first-order valence-electron chi connectivity index (χ1n) is 5.44. The van der Waals surface area contributed by atoms with Crippen molar-refractivity contribution in [2.45, 2.75) is 13.8 Å². The zero-order chi connectivity index (χ0) is 15.7. The van der Waals surface area contributed by atoms with E-state index in [1.165, 1.54) is 0 Å². The summed E-state index contributed by atoms with van der Waals surface area (Å²) in [5, 5.41) is 18.1. The van der Waals surface area contributed by atoms with Crippen molar-refractivity contribution in [1.29, 1.82) is 5.41 Å². The van der Waals surface area contributed by atoms with Gasteiger partial charge in [0.15, 0.2) is 0 Å². The number of carboxylic acids is 1. The number of nitrogens with zero attached hydrogens (tertiary/aromatic N) is 1. The third-order valence-corrected chi connectivity index (χ3v) is 2.44. The Morgan fingerprint density at radius 2 is 2.15 bits per heavy atom. The zero-order valence-corrected chi connectivity index (χ0v) is 13.0. The summed E-state index contributed by atoms with van der Waals surface area (Å²) in [6, 6.07) is 3.80. The minimum absolute atomic E-state index is 0.194. The summed E-state index contributed by atoms with van der Waals surface area (Å²) in [6.45, 7) is 3.03.